The van der Waals surface area contributed by atoms with E-state index in [-0.39, 0.29) is 17.6 Å². The summed E-state index contributed by atoms with van der Waals surface area (Å²) in [7, 11) is 0. The van der Waals surface area contributed by atoms with Crippen LogP contribution in [-0.4, -0.2) is 27.5 Å². The molecular weight excluding hydrogens is 346 g/mol. The first kappa shape index (κ1) is 15.3. The molecule has 0 bridgehead atoms. The van der Waals surface area contributed by atoms with Crippen LogP contribution >= 0.6 is 23.1 Å². The van der Waals surface area contributed by atoms with E-state index in [1.54, 1.807) is 10.3 Å². The number of benzene rings is 1. The molecule has 0 saturated carbocycles. The molecule has 8 heteroatoms. The van der Waals surface area contributed by atoms with Crippen molar-refractivity contribution in [3.63, 3.8) is 0 Å². The van der Waals surface area contributed by atoms with Crippen LogP contribution in [0.4, 0.5) is 10.8 Å². The lowest BCUT2D eigenvalue weighted by atomic mass is 10.2. The van der Waals surface area contributed by atoms with Gasteiger partial charge in [0.05, 0.1) is 5.69 Å². The number of aromatic nitrogens is 1. The maximum absolute atomic E-state index is 13.0. The topological polar surface area (TPSA) is 79.4 Å². The third-order valence-corrected chi connectivity index (χ3v) is 6.35. The van der Waals surface area contributed by atoms with E-state index in [2.05, 4.69) is 10.3 Å². The van der Waals surface area contributed by atoms with Crippen molar-refractivity contribution < 1.29 is 14.4 Å². The van der Waals surface area contributed by atoms with Crippen LogP contribution in [0.1, 0.15) is 30.3 Å². The summed E-state index contributed by atoms with van der Waals surface area (Å²) in [4.78, 5) is 42.3. The summed E-state index contributed by atoms with van der Waals surface area (Å²) in [6, 6.07) is 7.53. The Kier molecular flexibility index (Phi) is 3.47. The van der Waals surface area contributed by atoms with Crippen LogP contribution in [0.15, 0.2) is 34.5 Å². The van der Waals surface area contributed by atoms with E-state index in [1.807, 2.05) is 24.3 Å². The van der Waals surface area contributed by atoms with Crippen molar-refractivity contribution in [1.82, 2.24) is 4.98 Å². The molecule has 2 aliphatic heterocycles. The predicted octanol–water partition coefficient (Wildman–Crippen LogP) is 2.91. The molecule has 2 aliphatic rings. The Morgan fingerprint density at radius 2 is 2.12 bits per heavy atom. The highest BCUT2D eigenvalue weighted by molar-refractivity contribution is 8.02. The smallest absolute Gasteiger partial charge is 0.263 e. The number of ketones is 1. The van der Waals surface area contributed by atoms with Gasteiger partial charge >= 0.3 is 0 Å². The van der Waals surface area contributed by atoms with Gasteiger partial charge in [-0.3, -0.25) is 24.6 Å². The van der Waals surface area contributed by atoms with Gasteiger partial charge in [0.1, 0.15) is 5.69 Å². The SMILES string of the molecule is CC(=O)c1csc(NC(=O)C23CCC(=O)N2c2ccccc2S3)n1. The highest BCUT2D eigenvalue weighted by atomic mass is 32.2. The standard InChI is InChI=1S/C16H13N3O3S2/c1-9(20)10-8-23-15(17-10)18-14(22)16-7-6-13(21)19(16)11-4-2-3-5-12(11)24-16/h2-5,8H,6-7H2,1H3,(H,17,18,22). The van der Waals surface area contributed by atoms with Crippen LogP contribution in [-0.2, 0) is 9.59 Å². The number of hydrogen-bond acceptors (Lipinski definition) is 6. The summed E-state index contributed by atoms with van der Waals surface area (Å²) < 4.78 is 0. The summed E-state index contributed by atoms with van der Waals surface area (Å²) in [5.41, 5.74) is 1.11. The van der Waals surface area contributed by atoms with E-state index in [4.69, 9.17) is 0 Å². The van der Waals surface area contributed by atoms with Gasteiger partial charge in [-0.05, 0) is 18.6 Å². The Morgan fingerprint density at radius 1 is 1.33 bits per heavy atom. The Hall–Kier alpha value is -2.19. The van der Waals surface area contributed by atoms with E-state index >= 15 is 0 Å². The molecule has 24 heavy (non-hydrogen) atoms. The summed E-state index contributed by atoms with van der Waals surface area (Å²) in [5, 5.41) is 4.76. The predicted molar refractivity (Wildman–Crippen MR) is 92.5 cm³/mol. The van der Waals surface area contributed by atoms with Crippen molar-refractivity contribution in [2.45, 2.75) is 29.5 Å². The van der Waals surface area contributed by atoms with Crippen LogP contribution in [0, 0.1) is 0 Å². The van der Waals surface area contributed by atoms with Crippen molar-refractivity contribution in [2.75, 3.05) is 10.2 Å². The van der Waals surface area contributed by atoms with Crippen LogP contribution in [0.25, 0.3) is 0 Å². The Bertz CT molecular complexity index is 879. The molecule has 0 spiro atoms. The van der Waals surface area contributed by atoms with Crippen molar-refractivity contribution >= 4 is 51.5 Å². The molecule has 4 rings (SSSR count). The number of para-hydroxylation sites is 1. The number of amides is 2. The summed E-state index contributed by atoms with van der Waals surface area (Å²) in [6.45, 7) is 1.43. The number of nitrogens with one attached hydrogen (secondary N) is 1. The number of hydrogen-bond donors (Lipinski definition) is 1. The van der Waals surface area contributed by atoms with Crippen LogP contribution in [0.2, 0.25) is 0 Å². The van der Waals surface area contributed by atoms with E-state index in [9.17, 15) is 14.4 Å². The zero-order chi connectivity index (χ0) is 16.9. The molecule has 1 saturated heterocycles. The van der Waals surface area contributed by atoms with Crippen LogP contribution in [0.5, 0.6) is 0 Å². The number of Topliss-reactive ketones (excluding diaryl/α,β-unsaturated/α-hetero) is 1. The Labute approximate surface area is 146 Å². The quantitative estimate of drug-likeness (QED) is 0.853. The van der Waals surface area contributed by atoms with Crippen molar-refractivity contribution in [3.05, 3.63) is 35.3 Å². The number of carbonyl (C=O) groups is 3. The minimum Gasteiger partial charge on any atom is -0.299 e. The van der Waals surface area contributed by atoms with Crippen molar-refractivity contribution in [1.29, 1.82) is 0 Å². The molecule has 1 N–H and O–H groups in total. The average molecular weight is 359 g/mol. The van der Waals surface area contributed by atoms with Gasteiger partial charge in [0.15, 0.2) is 15.8 Å². The molecule has 0 aliphatic carbocycles. The number of carbonyl (C=O) groups excluding carboxylic acids is 3. The van der Waals surface area contributed by atoms with E-state index in [0.717, 1.165) is 10.6 Å². The van der Waals surface area contributed by atoms with Gasteiger partial charge in [0, 0.05) is 23.6 Å². The van der Waals surface area contributed by atoms with Gasteiger partial charge in [-0.2, -0.15) is 0 Å². The fourth-order valence-corrected chi connectivity index (χ4v) is 5.14. The maximum Gasteiger partial charge on any atom is 0.263 e. The van der Waals surface area contributed by atoms with E-state index in [1.165, 1.54) is 30.0 Å². The second-order valence-corrected chi connectivity index (χ2v) is 7.81. The van der Waals surface area contributed by atoms with Crippen LogP contribution < -0.4 is 10.2 Å². The molecule has 1 unspecified atom stereocenters. The van der Waals surface area contributed by atoms with Gasteiger partial charge in [0.25, 0.3) is 5.91 Å². The lowest BCUT2D eigenvalue weighted by Crippen LogP contribution is -2.49. The lowest BCUT2D eigenvalue weighted by Gasteiger charge is -2.29. The van der Waals surface area contributed by atoms with E-state index in [0.29, 0.717) is 23.7 Å². The second-order valence-electron chi connectivity index (χ2n) is 5.63. The van der Waals surface area contributed by atoms with Gasteiger partial charge in [0.2, 0.25) is 5.91 Å². The second kappa shape index (κ2) is 5.42. The molecule has 1 aromatic heterocycles. The van der Waals surface area contributed by atoms with Crippen molar-refractivity contribution in [3.8, 4) is 0 Å². The summed E-state index contributed by atoms with van der Waals surface area (Å²) >= 11 is 2.61. The molecular formula is C16H13N3O3S2. The average Bonchev–Trinajstić information content (AvgIpc) is 3.22. The van der Waals surface area contributed by atoms with Crippen LogP contribution in [0.3, 0.4) is 0 Å². The summed E-state index contributed by atoms with van der Waals surface area (Å²) in [6.07, 6.45) is 0.785. The number of thioether (sulfide) groups is 1. The molecule has 3 heterocycles. The number of rotatable bonds is 3. The fraction of sp³-hybridized carbons (Fsp3) is 0.250. The molecule has 1 atom stereocenters. The first-order chi connectivity index (χ1) is 11.5. The molecule has 0 radical (unpaired) electrons. The highest BCUT2D eigenvalue weighted by Gasteiger charge is 2.57. The minimum absolute atomic E-state index is 0.0498. The molecule has 1 fully saturated rings. The minimum atomic E-state index is -0.969. The highest BCUT2D eigenvalue weighted by Crippen LogP contribution is 2.56. The monoisotopic (exact) mass is 359 g/mol. The Morgan fingerprint density at radius 3 is 2.88 bits per heavy atom. The number of anilines is 2. The number of fused-ring (bicyclic) bond motifs is 3. The van der Waals surface area contributed by atoms with E-state index < -0.39 is 4.87 Å². The van der Waals surface area contributed by atoms with Gasteiger partial charge in [-0.25, -0.2) is 4.98 Å². The number of thiazole rings is 1. The molecule has 6 nitrogen and oxygen atoms in total. The summed E-state index contributed by atoms with van der Waals surface area (Å²) in [5.74, 6) is -0.476. The zero-order valence-electron chi connectivity index (χ0n) is 12.7. The largest absolute Gasteiger partial charge is 0.299 e. The third kappa shape index (κ3) is 2.17. The molecule has 1 aromatic carbocycles. The normalized spacial score (nSPS) is 21.5. The maximum atomic E-state index is 13.0. The third-order valence-electron chi connectivity index (χ3n) is 4.11. The van der Waals surface area contributed by atoms with Gasteiger partial charge < -0.3 is 0 Å². The zero-order valence-corrected chi connectivity index (χ0v) is 14.4. The Balaban J connectivity index is 1.66. The number of nitrogens with zero attached hydrogens (tertiary/aromatic N) is 2. The van der Waals surface area contributed by atoms with Gasteiger partial charge in [-0.15, -0.1) is 11.3 Å². The van der Waals surface area contributed by atoms with Crippen molar-refractivity contribution in [2.24, 2.45) is 0 Å². The lowest BCUT2D eigenvalue weighted by molar-refractivity contribution is -0.121. The first-order valence-corrected chi connectivity index (χ1v) is 9.10. The first-order valence-electron chi connectivity index (χ1n) is 7.40. The molecule has 2 amide bonds. The fourth-order valence-electron chi connectivity index (χ4n) is 2.99. The molecule has 2 aromatic rings. The van der Waals surface area contributed by atoms with Gasteiger partial charge in [-0.1, -0.05) is 23.9 Å². The molecule has 122 valence electrons.